The first-order chi connectivity index (χ1) is 25.6. The molecule has 0 aromatic heterocycles. The smallest absolute Gasteiger partial charge is 0.397 e. The van der Waals surface area contributed by atoms with Gasteiger partial charge in [-0.15, -0.1) is 0 Å². The van der Waals surface area contributed by atoms with Crippen LogP contribution in [0, 0.1) is 0 Å². The molecule has 0 bridgehead atoms. The summed E-state index contributed by atoms with van der Waals surface area (Å²) in [6.07, 6.45) is 25.0. The molecular weight excluding hydrogens is 704 g/mol. The molecule has 0 aromatic rings. The lowest BCUT2D eigenvalue weighted by atomic mass is 9.99. The maximum absolute atomic E-state index is 12.8. The third-order valence-electron chi connectivity index (χ3n) is 9.33. The van der Waals surface area contributed by atoms with Crippen LogP contribution in [0.15, 0.2) is 24.3 Å². The van der Waals surface area contributed by atoms with Gasteiger partial charge in [-0.1, -0.05) is 141 Å². The Morgan fingerprint density at radius 1 is 0.717 bits per heavy atom. The van der Waals surface area contributed by atoms with Crippen molar-refractivity contribution < 1.29 is 56.2 Å². The highest BCUT2D eigenvalue weighted by molar-refractivity contribution is 7.80. The number of hydrogen-bond donors (Lipinski definition) is 4. The van der Waals surface area contributed by atoms with Crippen LogP contribution in [-0.2, 0) is 38.3 Å². The van der Waals surface area contributed by atoms with Crippen molar-refractivity contribution in [1.29, 1.82) is 0 Å². The molecular formula is C40H74O12S. The molecule has 0 aliphatic carbocycles. The molecule has 1 aliphatic rings. The highest BCUT2D eigenvalue weighted by Gasteiger charge is 2.48. The Kier molecular flexibility index (Phi) is 30.7. The second-order valence-corrected chi connectivity index (χ2v) is 15.3. The Morgan fingerprint density at radius 3 is 1.85 bits per heavy atom. The lowest BCUT2D eigenvalue weighted by Crippen LogP contribution is -2.60. The van der Waals surface area contributed by atoms with Gasteiger partial charge in [-0.3, -0.25) is 9.35 Å². The zero-order valence-electron chi connectivity index (χ0n) is 32.8. The van der Waals surface area contributed by atoms with Gasteiger partial charge < -0.3 is 34.3 Å². The van der Waals surface area contributed by atoms with Crippen LogP contribution in [0.25, 0.3) is 0 Å². The number of carbonyl (C=O) groups excluding carboxylic acids is 1. The minimum atomic E-state index is -5.06. The molecule has 4 N–H and O–H groups in total. The first kappa shape index (κ1) is 49.6. The molecule has 0 amide bonds. The van der Waals surface area contributed by atoms with E-state index >= 15 is 0 Å². The number of unbranched alkanes of at least 4 members (excludes halogenated alkanes) is 18. The predicted octanol–water partition coefficient (Wildman–Crippen LogP) is 7.68. The van der Waals surface area contributed by atoms with Crippen molar-refractivity contribution in [3.8, 4) is 0 Å². The van der Waals surface area contributed by atoms with Crippen molar-refractivity contribution in [2.75, 3.05) is 26.4 Å². The van der Waals surface area contributed by atoms with Crippen LogP contribution in [0.2, 0.25) is 0 Å². The van der Waals surface area contributed by atoms with Crippen LogP contribution in [0.5, 0.6) is 0 Å². The van der Waals surface area contributed by atoms with Crippen LogP contribution < -0.4 is 0 Å². The Labute approximate surface area is 321 Å². The fourth-order valence-corrected chi connectivity index (χ4v) is 6.67. The van der Waals surface area contributed by atoms with E-state index in [1.165, 1.54) is 70.6 Å². The molecule has 0 saturated carbocycles. The zero-order valence-corrected chi connectivity index (χ0v) is 33.6. The summed E-state index contributed by atoms with van der Waals surface area (Å²) in [5.41, 5.74) is 0. The van der Waals surface area contributed by atoms with E-state index in [1.807, 2.05) is 0 Å². The average Bonchev–Trinajstić information content (AvgIpc) is 3.12. The van der Waals surface area contributed by atoms with Crippen LogP contribution in [0.1, 0.15) is 162 Å². The first-order valence-electron chi connectivity index (χ1n) is 20.6. The van der Waals surface area contributed by atoms with Gasteiger partial charge in [0, 0.05) is 13.0 Å². The molecule has 0 radical (unpaired) electrons. The molecule has 6 atom stereocenters. The normalized spacial score (nSPS) is 21.5. The van der Waals surface area contributed by atoms with Crippen molar-refractivity contribution in [3.05, 3.63) is 24.3 Å². The van der Waals surface area contributed by atoms with Gasteiger partial charge >= 0.3 is 16.4 Å². The predicted molar refractivity (Wildman–Crippen MR) is 207 cm³/mol. The van der Waals surface area contributed by atoms with Crippen LogP contribution in [-0.4, -0.2) is 97.5 Å². The standard InChI is InChI=1S/C40H74O12S/c1-3-5-7-9-11-13-15-17-18-19-21-23-25-27-29-36(42)50-34(32-48-30-28-26-24-22-20-16-14-12-10-8-6-4-2)33-49-40-38(44)39(52-53(45,46)47)37(43)35(31-41)51-40/h9,11,15,17,34-35,37-41,43-44H,3-8,10,12-14,16,18-33H2,1-2H3,(H,45,46,47)/b11-9-,17-15-. The molecule has 1 rings (SSSR count). The fraction of sp³-hybridized carbons (Fsp3) is 0.875. The number of allylic oxidation sites excluding steroid dienone is 4. The van der Waals surface area contributed by atoms with Gasteiger partial charge in [0.1, 0.15) is 30.5 Å². The van der Waals surface area contributed by atoms with Gasteiger partial charge in [0.15, 0.2) is 6.29 Å². The van der Waals surface area contributed by atoms with E-state index in [9.17, 15) is 28.5 Å². The van der Waals surface area contributed by atoms with Gasteiger partial charge in [-0.2, -0.15) is 8.42 Å². The lowest BCUT2D eigenvalue weighted by Gasteiger charge is -2.41. The maximum atomic E-state index is 12.8. The van der Waals surface area contributed by atoms with E-state index in [0.717, 1.165) is 64.2 Å². The van der Waals surface area contributed by atoms with Crippen molar-refractivity contribution in [1.82, 2.24) is 0 Å². The Balaban J connectivity index is 2.49. The highest BCUT2D eigenvalue weighted by Crippen LogP contribution is 2.26. The van der Waals surface area contributed by atoms with E-state index < -0.39 is 59.8 Å². The third kappa shape index (κ3) is 26.9. The summed E-state index contributed by atoms with van der Waals surface area (Å²) in [6, 6.07) is 0. The molecule has 12 nitrogen and oxygen atoms in total. The summed E-state index contributed by atoms with van der Waals surface area (Å²) in [7, 11) is -5.06. The summed E-state index contributed by atoms with van der Waals surface area (Å²) < 4.78 is 58.8. The van der Waals surface area contributed by atoms with Crippen molar-refractivity contribution in [2.24, 2.45) is 0 Å². The molecule has 1 heterocycles. The second-order valence-electron chi connectivity index (χ2n) is 14.2. The second kappa shape index (κ2) is 32.8. The molecule has 0 aromatic carbocycles. The molecule has 6 unspecified atom stereocenters. The Bertz CT molecular complexity index is 1040. The molecule has 53 heavy (non-hydrogen) atoms. The van der Waals surface area contributed by atoms with Gasteiger partial charge in [0.2, 0.25) is 0 Å². The van der Waals surface area contributed by atoms with E-state index in [4.69, 9.17) is 23.5 Å². The largest absolute Gasteiger partial charge is 0.457 e. The third-order valence-corrected chi connectivity index (χ3v) is 9.79. The Morgan fingerprint density at radius 2 is 1.26 bits per heavy atom. The number of aliphatic hydroxyl groups excluding tert-OH is 3. The van der Waals surface area contributed by atoms with E-state index in [0.29, 0.717) is 13.0 Å². The lowest BCUT2D eigenvalue weighted by molar-refractivity contribution is -0.301. The van der Waals surface area contributed by atoms with Crippen molar-refractivity contribution in [3.63, 3.8) is 0 Å². The monoisotopic (exact) mass is 778 g/mol. The number of esters is 1. The number of aliphatic hydroxyl groups is 3. The zero-order chi connectivity index (χ0) is 39.0. The number of hydrogen-bond acceptors (Lipinski definition) is 11. The molecule has 1 fully saturated rings. The summed E-state index contributed by atoms with van der Waals surface area (Å²) >= 11 is 0. The van der Waals surface area contributed by atoms with E-state index in [1.54, 1.807) is 0 Å². The number of carbonyl (C=O) groups is 1. The number of ether oxygens (including phenoxy) is 4. The minimum Gasteiger partial charge on any atom is -0.457 e. The summed E-state index contributed by atoms with van der Waals surface area (Å²) in [5.74, 6) is -0.413. The maximum Gasteiger partial charge on any atom is 0.397 e. The van der Waals surface area contributed by atoms with Crippen molar-refractivity contribution in [2.45, 2.75) is 198 Å². The first-order valence-corrected chi connectivity index (χ1v) is 22.0. The summed E-state index contributed by atoms with van der Waals surface area (Å²) in [4.78, 5) is 12.8. The van der Waals surface area contributed by atoms with E-state index in [2.05, 4.69) is 42.3 Å². The van der Waals surface area contributed by atoms with Crippen LogP contribution in [0.4, 0.5) is 0 Å². The summed E-state index contributed by atoms with van der Waals surface area (Å²) in [5, 5.41) is 30.6. The summed E-state index contributed by atoms with van der Waals surface area (Å²) in [6.45, 7) is 3.92. The molecule has 1 saturated heterocycles. The van der Waals surface area contributed by atoms with Gasteiger partial charge in [0.05, 0.1) is 19.8 Å². The fourth-order valence-electron chi connectivity index (χ4n) is 6.16. The minimum absolute atomic E-state index is 0.0334. The topological polar surface area (TPSA) is 178 Å². The molecule has 13 heteroatoms. The molecule has 0 spiro atoms. The molecule has 312 valence electrons. The SMILES string of the molecule is CCCC/C=C\C/C=C\CCCCCCCC(=O)OC(COCCCCCCCCCCCCCC)COC1OC(CO)C(O)C(OS(=O)(=O)O)C1O. The highest BCUT2D eigenvalue weighted by atomic mass is 32.3. The quantitative estimate of drug-likeness (QED) is 0.0214. The van der Waals surface area contributed by atoms with Crippen LogP contribution in [0.3, 0.4) is 0 Å². The van der Waals surface area contributed by atoms with Gasteiger partial charge in [0.25, 0.3) is 0 Å². The van der Waals surface area contributed by atoms with Gasteiger partial charge in [-0.25, -0.2) is 4.18 Å². The Hall–Kier alpha value is -1.42. The average molecular weight is 779 g/mol. The number of rotatable bonds is 35. The van der Waals surface area contributed by atoms with Crippen molar-refractivity contribution >= 4 is 16.4 Å². The van der Waals surface area contributed by atoms with Crippen LogP contribution >= 0.6 is 0 Å². The molecule has 1 aliphatic heterocycles. The van der Waals surface area contributed by atoms with E-state index in [-0.39, 0.29) is 19.6 Å². The van der Waals surface area contributed by atoms with Gasteiger partial charge in [-0.05, 0) is 38.5 Å².